The number of benzene rings is 3. The van der Waals surface area contributed by atoms with Crippen LogP contribution in [0.3, 0.4) is 0 Å². The van der Waals surface area contributed by atoms with Gasteiger partial charge in [-0.1, -0.05) is 60.7 Å². The van der Waals surface area contributed by atoms with Crippen LogP contribution in [0.15, 0.2) is 60.7 Å². The van der Waals surface area contributed by atoms with Crippen LogP contribution in [0.4, 0.5) is 0 Å². The lowest BCUT2D eigenvalue weighted by atomic mass is 9.93. The summed E-state index contributed by atoms with van der Waals surface area (Å²) in [5.41, 5.74) is 4.64. The zero-order valence-electron chi connectivity index (χ0n) is 20.7. The third-order valence-corrected chi connectivity index (χ3v) is 7.75. The van der Waals surface area contributed by atoms with E-state index in [0.29, 0.717) is 6.54 Å². The molecule has 3 aromatic carbocycles. The van der Waals surface area contributed by atoms with Crippen LogP contribution < -0.4 is 5.32 Å². The summed E-state index contributed by atoms with van der Waals surface area (Å²) >= 11 is 0. The maximum atomic E-state index is 11.4. The molecule has 5 rings (SSSR count). The molecular weight excluding hydrogens is 438 g/mol. The number of hydrogen-bond acceptors (Lipinski definition) is 4. The van der Waals surface area contributed by atoms with Crippen LogP contribution in [-0.4, -0.2) is 41.0 Å². The van der Waals surface area contributed by atoms with Crippen molar-refractivity contribution >= 4 is 16.7 Å². The number of carboxylic acids is 1. The average Bonchev–Trinajstić information content (AvgIpc) is 3.43. The lowest BCUT2D eigenvalue weighted by Gasteiger charge is -2.28. The van der Waals surface area contributed by atoms with Crippen molar-refractivity contribution in [3.8, 4) is 0 Å². The predicted octanol–water partition coefficient (Wildman–Crippen LogP) is 4.86. The van der Waals surface area contributed by atoms with E-state index in [2.05, 4.69) is 73.8 Å². The van der Waals surface area contributed by atoms with Gasteiger partial charge >= 0.3 is 5.97 Å². The smallest absolute Gasteiger partial charge is 0.307 e. The van der Waals surface area contributed by atoms with Gasteiger partial charge < -0.3 is 20.3 Å². The molecule has 2 aliphatic carbocycles. The molecular formula is C30H35NO4. The van der Waals surface area contributed by atoms with Crippen molar-refractivity contribution in [2.24, 2.45) is 11.8 Å². The Kier molecular flexibility index (Phi) is 6.43. The van der Waals surface area contributed by atoms with Gasteiger partial charge in [0.25, 0.3) is 0 Å². The van der Waals surface area contributed by atoms with Crippen molar-refractivity contribution in [3.05, 3.63) is 82.9 Å². The number of carbonyl (C=O) groups is 1. The Hall–Kier alpha value is -2.73. The lowest BCUT2D eigenvalue weighted by Crippen LogP contribution is -2.46. The van der Waals surface area contributed by atoms with Gasteiger partial charge in [0, 0.05) is 18.0 Å². The Labute approximate surface area is 207 Å². The van der Waals surface area contributed by atoms with E-state index in [0.717, 1.165) is 18.4 Å². The van der Waals surface area contributed by atoms with Crippen molar-refractivity contribution in [2.75, 3.05) is 13.2 Å². The summed E-state index contributed by atoms with van der Waals surface area (Å²) in [7, 11) is 0. The van der Waals surface area contributed by atoms with E-state index in [1.54, 1.807) is 0 Å². The Balaban J connectivity index is 1.12. The summed E-state index contributed by atoms with van der Waals surface area (Å²) in [6.45, 7) is 7.01. The first-order valence-corrected chi connectivity index (χ1v) is 12.6. The maximum absolute atomic E-state index is 11.4. The molecule has 0 bridgehead atoms. The third kappa shape index (κ3) is 4.99. The molecule has 0 aromatic heterocycles. The van der Waals surface area contributed by atoms with Crippen LogP contribution in [0, 0.1) is 11.8 Å². The predicted molar refractivity (Wildman–Crippen MR) is 138 cm³/mol. The largest absolute Gasteiger partial charge is 0.481 e. The number of aliphatic carboxylic acids is 1. The second-order valence-electron chi connectivity index (χ2n) is 10.9. The molecule has 5 heteroatoms. The second kappa shape index (κ2) is 9.38. The first-order chi connectivity index (χ1) is 16.7. The molecule has 1 fully saturated rings. The number of nitrogens with one attached hydrogen (secondary N) is 1. The fourth-order valence-electron chi connectivity index (χ4n) is 5.90. The average molecular weight is 474 g/mol. The first kappa shape index (κ1) is 24.0. The summed E-state index contributed by atoms with van der Waals surface area (Å²) in [4.78, 5) is 11.4. The fourth-order valence-corrected chi connectivity index (χ4v) is 5.90. The van der Waals surface area contributed by atoms with E-state index in [1.807, 2.05) is 13.0 Å². The van der Waals surface area contributed by atoms with Gasteiger partial charge in [0.15, 0.2) is 0 Å². The quantitative estimate of drug-likeness (QED) is 0.392. The van der Waals surface area contributed by atoms with Gasteiger partial charge in [0.1, 0.15) is 0 Å². The highest BCUT2D eigenvalue weighted by molar-refractivity contribution is 5.83. The van der Waals surface area contributed by atoms with E-state index in [9.17, 15) is 15.0 Å². The molecule has 0 unspecified atom stereocenters. The summed E-state index contributed by atoms with van der Waals surface area (Å²) in [6.07, 6.45) is 0.909. The molecule has 0 radical (unpaired) electrons. The van der Waals surface area contributed by atoms with Gasteiger partial charge in [0.05, 0.1) is 24.7 Å². The van der Waals surface area contributed by atoms with Crippen LogP contribution in [0.5, 0.6) is 0 Å². The molecule has 184 valence electrons. The van der Waals surface area contributed by atoms with Gasteiger partial charge in [-0.15, -0.1) is 0 Å². The highest BCUT2D eigenvalue weighted by Gasteiger charge is 2.60. The summed E-state index contributed by atoms with van der Waals surface area (Å²) < 4.78 is 6.06. The number of rotatable bonds is 10. The SMILES string of the molecule is C[C@@H](OC[C@H](O)CNC(C)(C)Cc1ccc2ccccc2c1)c1cccc2c1C[C@@H]1[C@@H](C(=O)O)[C@H]21. The highest BCUT2D eigenvalue weighted by atomic mass is 16.5. The van der Waals surface area contributed by atoms with E-state index in [4.69, 9.17) is 4.74 Å². The van der Waals surface area contributed by atoms with Crippen LogP contribution in [0.1, 0.15) is 55.0 Å². The summed E-state index contributed by atoms with van der Waals surface area (Å²) in [5.74, 6) is -0.510. The Morgan fingerprint density at radius 2 is 1.89 bits per heavy atom. The van der Waals surface area contributed by atoms with Crippen molar-refractivity contribution < 1.29 is 19.7 Å². The molecule has 0 heterocycles. The fraction of sp³-hybridized carbons (Fsp3) is 0.433. The van der Waals surface area contributed by atoms with Gasteiger partial charge in [0.2, 0.25) is 0 Å². The van der Waals surface area contributed by atoms with Crippen LogP contribution >= 0.6 is 0 Å². The summed E-state index contributed by atoms with van der Waals surface area (Å²) in [6, 6.07) is 21.1. The van der Waals surface area contributed by atoms with Crippen LogP contribution in [-0.2, 0) is 22.4 Å². The molecule has 2 aliphatic rings. The summed E-state index contributed by atoms with van der Waals surface area (Å²) in [5, 5.41) is 26.0. The van der Waals surface area contributed by atoms with Crippen LogP contribution in [0.2, 0.25) is 0 Å². The topological polar surface area (TPSA) is 78.8 Å². The molecule has 3 N–H and O–H groups in total. The monoisotopic (exact) mass is 473 g/mol. The number of fused-ring (bicyclic) bond motifs is 4. The molecule has 3 aromatic rings. The minimum atomic E-state index is -0.681. The molecule has 35 heavy (non-hydrogen) atoms. The molecule has 0 saturated heterocycles. The minimum absolute atomic E-state index is 0.147. The van der Waals surface area contributed by atoms with Gasteiger partial charge in [-0.3, -0.25) is 4.79 Å². The van der Waals surface area contributed by atoms with E-state index < -0.39 is 12.1 Å². The zero-order chi connectivity index (χ0) is 24.7. The maximum Gasteiger partial charge on any atom is 0.307 e. The van der Waals surface area contributed by atoms with Crippen molar-refractivity contribution in [3.63, 3.8) is 0 Å². The highest BCUT2D eigenvalue weighted by Crippen LogP contribution is 2.62. The van der Waals surface area contributed by atoms with Crippen molar-refractivity contribution in [1.82, 2.24) is 5.32 Å². The number of carboxylic acid groups (broad SMARTS) is 1. The van der Waals surface area contributed by atoms with E-state index in [1.165, 1.54) is 27.5 Å². The number of hydrogen-bond donors (Lipinski definition) is 3. The second-order valence-corrected chi connectivity index (χ2v) is 10.9. The standard InChI is InChI=1S/C30H35NO4/c1-18(23-9-6-10-24-25(23)14-26-27(24)28(26)29(33)34)35-17-22(32)16-31-30(2,3)15-19-11-12-20-7-4-5-8-21(20)13-19/h4-13,18,22,26-28,31-32H,14-17H2,1-3H3,(H,33,34)/t18-,22-,26+,27-,28-/m1/s1. The molecule has 1 saturated carbocycles. The molecule has 5 nitrogen and oxygen atoms in total. The number of β-amino-alcohol motifs (C(OH)–C–C–N with tert-alkyl or cyclic N) is 1. The first-order valence-electron chi connectivity index (χ1n) is 12.6. The zero-order valence-corrected chi connectivity index (χ0v) is 20.7. The number of aliphatic hydroxyl groups is 1. The number of aliphatic hydroxyl groups excluding tert-OH is 1. The van der Waals surface area contributed by atoms with Gasteiger partial charge in [-0.05, 0) is 72.6 Å². The Bertz CT molecular complexity index is 1240. The Morgan fingerprint density at radius 1 is 1.11 bits per heavy atom. The molecule has 0 spiro atoms. The number of ether oxygens (including phenoxy) is 1. The third-order valence-electron chi connectivity index (χ3n) is 7.75. The van der Waals surface area contributed by atoms with Gasteiger partial charge in [-0.25, -0.2) is 0 Å². The van der Waals surface area contributed by atoms with Crippen molar-refractivity contribution in [1.29, 1.82) is 0 Å². The minimum Gasteiger partial charge on any atom is -0.481 e. The Morgan fingerprint density at radius 3 is 2.66 bits per heavy atom. The van der Waals surface area contributed by atoms with E-state index in [-0.39, 0.29) is 36.0 Å². The molecule has 0 amide bonds. The van der Waals surface area contributed by atoms with Crippen molar-refractivity contribution in [2.45, 2.75) is 57.3 Å². The normalized spacial score (nSPS) is 22.5. The van der Waals surface area contributed by atoms with Gasteiger partial charge in [-0.2, -0.15) is 0 Å². The van der Waals surface area contributed by atoms with Crippen LogP contribution in [0.25, 0.3) is 10.8 Å². The lowest BCUT2D eigenvalue weighted by molar-refractivity contribution is -0.139. The molecule has 5 atom stereocenters. The molecule has 0 aliphatic heterocycles. The van der Waals surface area contributed by atoms with E-state index >= 15 is 0 Å².